The maximum atomic E-state index is 10.0. The van der Waals surface area contributed by atoms with Crippen LogP contribution in [-0.4, -0.2) is 6.29 Å². The number of hydrogen-bond donors (Lipinski definition) is 0. The highest BCUT2D eigenvalue weighted by Crippen LogP contribution is 2.07. The van der Waals surface area contributed by atoms with Crippen LogP contribution in [-0.2, 0) is 4.79 Å². The van der Waals surface area contributed by atoms with E-state index in [9.17, 15) is 4.79 Å². The van der Waals surface area contributed by atoms with Gasteiger partial charge in [0.25, 0.3) is 0 Å². The SMILES string of the molecule is O=CCCC[CH]c1ccccc1. The summed E-state index contributed by atoms with van der Waals surface area (Å²) in [6.07, 6.45) is 5.74. The molecule has 0 atom stereocenters. The van der Waals surface area contributed by atoms with Gasteiger partial charge in [-0.3, -0.25) is 0 Å². The number of unbranched alkanes of at least 4 members (excludes halogenated alkanes) is 2. The Balaban J connectivity index is 2.20. The molecule has 0 aliphatic rings. The fourth-order valence-electron chi connectivity index (χ4n) is 1.06. The zero-order valence-corrected chi connectivity index (χ0v) is 7.07. The van der Waals surface area contributed by atoms with Gasteiger partial charge in [0.15, 0.2) is 0 Å². The van der Waals surface area contributed by atoms with Crippen LogP contribution in [0.15, 0.2) is 30.3 Å². The van der Waals surface area contributed by atoms with Gasteiger partial charge in [-0.25, -0.2) is 0 Å². The number of carbonyl (C=O) groups is 1. The standard InChI is InChI=1S/C11H13O/c12-10-6-2-5-9-11-7-3-1-4-8-11/h1,3-4,7-10H,2,5-6H2. The summed E-state index contributed by atoms with van der Waals surface area (Å²) in [7, 11) is 0. The maximum absolute atomic E-state index is 10.0. The molecule has 0 fully saturated rings. The predicted molar refractivity (Wildman–Crippen MR) is 49.8 cm³/mol. The van der Waals surface area contributed by atoms with E-state index in [4.69, 9.17) is 0 Å². The minimum atomic E-state index is 0.670. The third kappa shape index (κ3) is 3.33. The summed E-state index contributed by atoms with van der Waals surface area (Å²) in [6.45, 7) is 0. The number of benzene rings is 1. The molecule has 0 aromatic heterocycles. The van der Waals surface area contributed by atoms with Gasteiger partial charge in [0.2, 0.25) is 0 Å². The van der Waals surface area contributed by atoms with Gasteiger partial charge >= 0.3 is 0 Å². The molecule has 0 bridgehead atoms. The number of aldehydes is 1. The molecule has 0 amide bonds. The monoisotopic (exact) mass is 161 g/mol. The normalized spacial score (nSPS) is 9.67. The first-order chi connectivity index (χ1) is 5.93. The van der Waals surface area contributed by atoms with Crippen LogP contribution in [0.3, 0.4) is 0 Å². The molecule has 1 radical (unpaired) electrons. The van der Waals surface area contributed by atoms with E-state index in [0.29, 0.717) is 6.42 Å². The molecular weight excluding hydrogens is 148 g/mol. The number of rotatable bonds is 5. The Kier molecular flexibility index (Phi) is 4.14. The predicted octanol–water partition coefficient (Wildman–Crippen LogP) is 2.61. The Morgan fingerprint density at radius 3 is 2.50 bits per heavy atom. The van der Waals surface area contributed by atoms with Crippen molar-refractivity contribution in [1.82, 2.24) is 0 Å². The van der Waals surface area contributed by atoms with Crippen LogP contribution in [0.1, 0.15) is 24.8 Å². The van der Waals surface area contributed by atoms with Crippen LogP contribution in [0.2, 0.25) is 0 Å². The molecule has 0 saturated heterocycles. The minimum Gasteiger partial charge on any atom is -0.303 e. The smallest absolute Gasteiger partial charge is 0.119 e. The fraction of sp³-hybridized carbons (Fsp3) is 0.273. The average molecular weight is 161 g/mol. The van der Waals surface area contributed by atoms with Crippen LogP contribution in [0.5, 0.6) is 0 Å². The molecule has 1 nitrogen and oxygen atoms in total. The Morgan fingerprint density at radius 1 is 1.08 bits per heavy atom. The second-order valence-electron chi connectivity index (χ2n) is 2.71. The summed E-state index contributed by atoms with van der Waals surface area (Å²) < 4.78 is 0. The molecule has 1 aromatic carbocycles. The van der Waals surface area contributed by atoms with Crippen molar-refractivity contribution in [3.8, 4) is 0 Å². The molecule has 1 aromatic rings. The lowest BCUT2D eigenvalue weighted by Crippen LogP contribution is -1.82. The van der Waals surface area contributed by atoms with E-state index in [1.54, 1.807) is 0 Å². The van der Waals surface area contributed by atoms with E-state index in [1.165, 1.54) is 5.56 Å². The highest BCUT2D eigenvalue weighted by molar-refractivity contribution is 5.49. The van der Waals surface area contributed by atoms with Crippen LogP contribution in [0, 0.1) is 6.42 Å². The third-order valence-corrected chi connectivity index (χ3v) is 1.71. The first-order valence-electron chi connectivity index (χ1n) is 4.25. The molecule has 0 aliphatic heterocycles. The lowest BCUT2D eigenvalue weighted by Gasteiger charge is -1.97. The molecule has 0 unspecified atom stereocenters. The summed E-state index contributed by atoms with van der Waals surface area (Å²) in [5.74, 6) is 0. The minimum absolute atomic E-state index is 0.670. The maximum Gasteiger partial charge on any atom is 0.119 e. The summed E-state index contributed by atoms with van der Waals surface area (Å²) in [5.41, 5.74) is 1.24. The van der Waals surface area contributed by atoms with Crippen molar-refractivity contribution >= 4 is 6.29 Å². The van der Waals surface area contributed by atoms with E-state index in [0.717, 1.165) is 19.1 Å². The van der Waals surface area contributed by atoms with Crippen LogP contribution >= 0.6 is 0 Å². The lowest BCUT2D eigenvalue weighted by molar-refractivity contribution is -0.107. The Morgan fingerprint density at radius 2 is 1.83 bits per heavy atom. The quantitative estimate of drug-likeness (QED) is 0.479. The van der Waals surface area contributed by atoms with Crippen molar-refractivity contribution in [2.24, 2.45) is 0 Å². The van der Waals surface area contributed by atoms with Gasteiger partial charge in [0.1, 0.15) is 6.29 Å². The van der Waals surface area contributed by atoms with Crippen LogP contribution in [0.25, 0.3) is 0 Å². The fourth-order valence-corrected chi connectivity index (χ4v) is 1.06. The van der Waals surface area contributed by atoms with Crippen molar-refractivity contribution in [3.05, 3.63) is 42.3 Å². The second kappa shape index (κ2) is 5.53. The van der Waals surface area contributed by atoms with Gasteiger partial charge in [0.05, 0.1) is 0 Å². The molecule has 0 N–H and O–H groups in total. The Hall–Kier alpha value is -1.11. The molecule has 0 saturated carbocycles. The van der Waals surface area contributed by atoms with Gasteiger partial charge in [-0.15, -0.1) is 0 Å². The van der Waals surface area contributed by atoms with Crippen molar-refractivity contribution in [1.29, 1.82) is 0 Å². The summed E-state index contributed by atoms with van der Waals surface area (Å²) in [6, 6.07) is 10.2. The zero-order chi connectivity index (χ0) is 8.65. The second-order valence-corrected chi connectivity index (χ2v) is 2.71. The van der Waals surface area contributed by atoms with Crippen molar-refractivity contribution in [2.75, 3.05) is 0 Å². The van der Waals surface area contributed by atoms with Crippen LogP contribution < -0.4 is 0 Å². The van der Waals surface area contributed by atoms with Gasteiger partial charge < -0.3 is 4.79 Å². The number of carbonyl (C=O) groups excluding carboxylic acids is 1. The molecule has 1 rings (SSSR count). The van der Waals surface area contributed by atoms with E-state index >= 15 is 0 Å². The Labute approximate surface area is 73.4 Å². The molecule has 0 spiro atoms. The van der Waals surface area contributed by atoms with Crippen LogP contribution in [0.4, 0.5) is 0 Å². The van der Waals surface area contributed by atoms with Gasteiger partial charge in [-0.1, -0.05) is 30.3 Å². The Bertz CT molecular complexity index is 216. The van der Waals surface area contributed by atoms with Crippen molar-refractivity contribution in [3.63, 3.8) is 0 Å². The first-order valence-corrected chi connectivity index (χ1v) is 4.25. The molecule has 63 valence electrons. The van der Waals surface area contributed by atoms with Gasteiger partial charge in [0, 0.05) is 6.42 Å². The van der Waals surface area contributed by atoms with E-state index < -0.39 is 0 Å². The topological polar surface area (TPSA) is 17.1 Å². The number of hydrogen-bond acceptors (Lipinski definition) is 1. The molecule has 1 heteroatoms. The van der Waals surface area contributed by atoms with E-state index in [-0.39, 0.29) is 0 Å². The van der Waals surface area contributed by atoms with E-state index in [2.05, 4.69) is 18.6 Å². The first kappa shape index (κ1) is 8.98. The lowest BCUT2D eigenvalue weighted by atomic mass is 10.1. The summed E-state index contributed by atoms with van der Waals surface area (Å²) >= 11 is 0. The highest BCUT2D eigenvalue weighted by atomic mass is 16.1. The zero-order valence-electron chi connectivity index (χ0n) is 7.07. The molecule has 0 heterocycles. The molecule has 12 heavy (non-hydrogen) atoms. The summed E-state index contributed by atoms with van der Waals surface area (Å²) in [5, 5.41) is 0. The highest BCUT2D eigenvalue weighted by Gasteiger charge is 1.91. The molecular formula is C11H13O. The van der Waals surface area contributed by atoms with Crippen molar-refractivity contribution in [2.45, 2.75) is 19.3 Å². The van der Waals surface area contributed by atoms with Gasteiger partial charge in [-0.05, 0) is 24.8 Å². The van der Waals surface area contributed by atoms with Crippen molar-refractivity contribution < 1.29 is 4.79 Å². The average Bonchev–Trinajstić information content (AvgIpc) is 2.14. The summed E-state index contributed by atoms with van der Waals surface area (Å²) in [4.78, 5) is 10.0. The van der Waals surface area contributed by atoms with E-state index in [1.807, 2.05) is 18.2 Å². The third-order valence-electron chi connectivity index (χ3n) is 1.71. The molecule has 0 aliphatic carbocycles. The largest absolute Gasteiger partial charge is 0.303 e. The van der Waals surface area contributed by atoms with Gasteiger partial charge in [-0.2, -0.15) is 0 Å².